The van der Waals surface area contributed by atoms with Crippen LogP contribution in [-0.4, -0.2) is 55.9 Å². The monoisotopic (exact) mass is 371 g/mol. The quantitative estimate of drug-likeness (QED) is 0.813. The molecule has 7 nitrogen and oxygen atoms in total. The Morgan fingerprint density at radius 2 is 1.84 bits per heavy atom. The van der Waals surface area contributed by atoms with E-state index in [1.54, 1.807) is 32.9 Å². The Kier molecular flexibility index (Phi) is 5.75. The largest absolute Gasteiger partial charge is 0.444 e. The number of rotatable bonds is 4. The van der Waals surface area contributed by atoms with Crippen LogP contribution in [0, 0.1) is 12.8 Å². The Morgan fingerprint density at radius 3 is 2.40 bits per heavy atom. The summed E-state index contributed by atoms with van der Waals surface area (Å²) in [7, 11) is -3.90. The molecule has 1 aliphatic heterocycles. The van der Waals surface area contributed by atoms with Gasteiger partial charge in [-0.25, -0.2) is 4.79 Å². The van der Waals surface area contributed by atoms with Gasteiger partial charge in [-0.3, -0.25) is 4.18 Å². The molecule has 1 saturated heterocycles. The second-order valence-electron chi connectivity index (χ2n) is 7.26. The summed E-state index contributed by atoms with van der Waals surface area (Å²) in [6, 6.07) is 6.32. The Morgan fingerprint density at radius 1 is 1.24 bits per heavy atom. The predicted molar refractivity (Wildman–Crippen MR) is 91.6 cm³/mol. The molecule has 140 valence electrons. The van der Waals surface area contributed by atoms with E-state index in [4.69, 9.17) is 8.92 Å². The number of amides is 1. The van der Waals surface area contributed by atoms with Gasteiger partial charge in [0.05, 0.1) is 24.2 Å². The van der Waals surface area contributed by atoms with Gasteiger partial charge in [-0.1, -0.05) is 17.7 Å². The molecule has 1 aromatic carbocycles. The summed E-state index contributed by atoms with van der Waals surface area (Å²) in [5.41, 5.74) is 0.309. The first-order valence-electron chi connectivity index (χ1n) is 8.10. The first-order chi connectivity index (χ1) is 11.5. The number of hydrogen-bond donors (Lipinski definition) is 1. The maximum absolute atomic E-state index is 12.2. The van der Waals surface area contributed by atoms with Crippen molar-refractivity contribution in [3.05, 3.63) is 29.8 Å². The Labute approximate surface area is 148 Å². The molecule has 1 N–H and O–H groups in total. The molecule has 0 bridgehead atoms. The van der Waals surface area contributed by atoms with Crippen LogP contribution < -0.4 is 0 Å². The molecular formula is C17H25NO6S. The number of hydrogen-bond acceptors (Lipinski definition) is 6. The smallest absolute Gasteiger partial charge is 0.410 e. The number of aliphatic hydroxyl groups excluding tert-OH is 1. The number of ether oxygens (including phenoxy) is 1. The zero-order valence-electron chi connectivity index (χ0n) is 14.9. The Bertz CT molecular complexity index is 708. The van der Waals surface area contributed by atoms with Crippen LogP contribution in [0.25, 0.3) is 0 Å². The van der Waals surface area contributed by atoms with Crippen LogP contribution >= 0.6 is 0 Å². The third-order valence-corrected chi connectivity index (χ3v) is 5.10. The average molecular weight is 371 g/mol. The molecule has 0 saturated carbocycles. The van der Waals surface area contributed by atoms with Crippen molar-refractivity contribution >= 4 is 16.2 Å². The number of benzene rings is 1. The first kappa shape index (κ1) is 19.7. The number of carbonyl (C=O) groups is 1. The van der Waals surface area contributed by atoms with Gasteiger partial charge in [0.2, 0.25) is 0 Å². The van der Waals surface area contributed by atoms with Crippen LogP contribution in [0.5, 0.6) is 0 Å². The van der Waals surface area contributed by atoms with Crippen LogP contribution in [0.3, 0.4) is 0 Å². The van der Waals surface area contributed by atoms with E-state index in [2.05, 4.69) is 0 Å². The predicted octanol–water partition coefficient (Wildman–Crippen LogP) is 1.93. The number of aliphatic hydroxyl groups is 1. The number of aryl methyl sites for hydroxylation is 1. The first-order valence-corrected chi connectivity index (χ1v) is 9.51. The summed E-state index contributed by atoms with van der Waals surface area (Å²) in [4.78, 5) is 13.5. The highest BCUT2D eigenvalue weighted by Gasteiger charge is 2.37. The zero-order chi connectivity index (χ0) is 18.8. The Balaban J connectivity index is 1.95. The standard InChI is InChI=1S/C17H25NO6S/c1-12-5-7-14(8-6-12)25(21,22)23-11-13-9-18(10-15(13)19)16(20)24-17(2,3)4/h5-8,13,15,19H,9-11H2,1-4H3. The lowest BCUT2D eigenvalue weighted by molar-refractivity contribution is 0.0269. The van der Waals surface area contributed by atoms with Crippen LogP contribution in [-0.2, 0) is 19.0 Å². The minimum atomic E-state index is -3.90. The average Bonchev–Trinajstić information content (AvgIpc) is 2.85. The van der Waals surface area contributed by atoms with E-state index in [1.807, 2.05) is 6.92 Å². The lowest BCUT2D eigenvalue weighted by Gasteiger charge is -2.24. The molecule has 0 radical (unpaired) electrons. The van der Waals surface area contributed by atoms with Crippen LogP contribution in [0.2, 0.25) is 0 Å². The van der Waals surface area contributed by atoms with Crippen molar-refractivity contribution in [1.29, 1.82) is 0 Å². The van der Waals surface area contributed by atoms with E-state index in [0.717, 1.165) is 5.56 Å². The number of likely N-dealkylation sites (tertiary alicyclic amines) is 1. The van der Waals surface area contributed by atoms with Crippen LogP contribution in [0.4, 0.5) is 4.79 Å². The molecular weight excluding hydrogens is 346 g/mol. The molecule has 2 unspecified atom stereocenters. The molecule has 0 aliphatic carbocycles. The number of β-amino-alcohol motifs (C(OH)–C–C–N with tert-alkyl or cyclic N) is 1. The topological polar surface area (TPSA) is 93.1 Å². The van der Waals surface area contributed by atoms with Crippen molar-refractivity contribution in [3.8, 4) is 0 Å². The summed E-state index contributed by atoms with van der Waals surface area (Å²) < 4.78 is 34.7. The van der Waals surface area contributed by atoms with Gasteiger partial charge in [0.25, 0.3) is 10.1 Å². The summed E-state index contributed by atoms with van der Waals surface area (Å²) in [6.07, 6.45) is -1.39. The molecule has 2 rings (SSSR count). The second kappa shape index (κ2) is 7.31. The summed E-state index contributed by atoms with van der Waals surface area (Å²) in [5, 5.41) is 10.1. The molecule has 25 heavy (non-hydrogen) atoms. The van der Waals surface area contributed by atoms with Gasteiger partial charge in [-0.15, -0.1) is 0 Å². The van der Waals surface area contributed by atoms with Crippen molar-refractivity contribution in [2.75, 3.05) is 19.7 Å². The van der Waals surface area contributed by atoms with Gasteiger partial charge in [0.15, 0.2) is 0 Å². The third kappa shape index (κ3) is 5.42. The summed E-state index contributed by atoms with van der Waals surface area (Å²) >= 11 is 0. The van der Waals surface area contributed by atoms with E-state index in [1.165, 1.54) is 17.0 Å². The van der Waals surface area contributed by atoms with Crippen molar-refractivity contribution in [3.63, 3.8) is 0 Å². The van der Waals surface area contributed by atoms with Crippen molar-refractivity contribution in [2.45, 2.75) is 44.3 Å². The van der Waals surface area contributed by atoms with E-state index in [9.17, 15) is 18.3 Å². The zero-order valence-corrected chi connectivity index (χ0v) is 15.7. The second-order valence-corrected chi connectivity index (χ2v) is 8.88. The molecule has 0 aromatic heterocycles. The molecule has 1 fully saturated rings. The van der Waals surface area contributed by atoms with Crippen molar-refractivity contribution in [2.24, 2.45) is 5.92 Å². The molecule has 1 heterocycles. The summed E-state index contributed by atoms with van der Waals surface area (Å²) in [5.74, 6) is -0.493. The van der Waals surface area contributed by atoms with E-state index < -0.39 is 33.8 Å². The van der Waals surface area contributed by atoms with E-state index >= 15 is 0 Å². The van der Waals surface area contributed by atoms with Gasteiger partial charge in [0.1, 0.15) is 5.60 Å². The van der Waals surface area contributed by atoms with Gasteiger partial charge in [-0.2, -0.15) is 8.42 Å². The number of nitrogens with zero attached hydrogens (tertiary/aromatic N) is 1. The van der Waals surface area contributed by atoms with Gasteiger partial charge in [0, 0.05) is 12.5 Å². The normalized spacial score (nSPS) is 21.4. The SMILES string of the molecule is Cc1ccc(S(=O)(=O)OCC2CN(C(=O)OC(C)(C)C)CC2O)cc1. The van der Waals surface area contributed by atoms with Gasteiger partial charge < -0.3 is 14.7 Å². The lowest BCUT2D eigenvalue weighted by Crippen LogP contribution is -2.36. The number of carbonyl (C=O) groups excluding carboxylic acids is 1. The van der Waals surface area contributed by atoms with E-state index in [-0.39, 0.29) is 24.6 Å². The fourth-order valence-electron chi connectivity index (χ4n) is 2.44. The fourth-order valence-corrected chi connectivity index (χ4v) is 3.40. The molecule has 1 aromatic rings. The van der Waals surface area contributed by atoms with Gasteiger partial charge in [-0.05, 0) is 39.8 Å². The highest BCUT2D eigenvalue weighted by atomic mass is 32.2. The van der Waals surface area contributed by atoms with Crippen LogP contribution in [0.1, 0.15) is 26.3 Å². The minimum absolute atomic E-state index is 0.0644. The molecule has 0 spiro atoms. The molecule has 8 heteroatoms. The van der Waals surface area contributed by atoms with E-state index in [0.29, 0.717) is 0 Å². The maximum Gasteiger partial charge on any atom is 0.410 e. The molecule has 2 atom stereocenters. The minimum Gasteiger partial charge on any atom is -0.444 e. The van der Waals surface area contributed by atoms with Crippen molar-refractivity contribution in [1.82, 2.24) is 4.90 Å². The summed E-state index contributed by atoms with van der Waals surface area (Å²) in [6.45, 7) is 7.20. The lowest BCUT2D eigenvalue weighted by atomic mass is 10.1. The maximum atomic E-state index is 12.2. The highest BCUT2D eigenvalue weighted by molar-refractivity contribution is 7.86. The molecule has 1 amide bonds. The Hall–Kier alpha value is -1.64. The molecule has 1 aliphatic rings. The van der Waals surface area contributed by atoms with Gasteiger partial charge >= 0.3 is 6.09 Å². The van der Waals surface area contributed by atoms with Crippen LogP contribution in [0.15, 0.2) is 29.2 Å². The highest BCUT2D eigenvalue weighted by Crippen LogP contribution is 2.22. The van der Waals surface area contributed by atoms with Crippen molar-refractivity contribution < 1.29 is 27.2 Å². The fraction of sp³-hybridized carbons (Fsp3) is 0.588. The third-order valence-electron chi connectivity index (χ3n) is 3.81.